The molecule has 0 aliphatic rings. The van der Waals surface area contributed by atoms with Gasteiger partial charge in [0.2, 0.25) is 17.7 Å². The van der Waals surface area contributed by atoms with E-state index in [0.717, 1.165) is 18.5 Å². The number of aromatic nitrogens is 2. The number of ether oxygens (including phenoxy) is 6. The van der Waals surface area contributed by atoms with E-state index in [2.05, 4.69) is 27.5 Å². The molecular formula is C51H91N5O12. The number of aryl methyl sites for hydroxylation is 1. The summed E-state index contributed by atoms with van der Waals surface area (Å²) >= 11 is 0. The average molecular weight is 966 g/mol. The lowest BCUT2D eigenvalue weighted by Crippen LogP contribution is -2.31. The Morgan fingerprint density at radius 1 is 0.515 bits per heavy atom. The first-order valence-electron chi connectivity index (χ1n) is 26.0. The molecule has 1 heterocycles. The molecule has 0 fully saturated rings. The Kier molecular flexibility index (Phi) is 43.2. The highest BCUT2D eigenvalue weighted by atomic mass is 16.5. The minimum atomic E-state index is -0.523. The van der Waals surface area contributed by atoms with Crippen molar-refractivity contribution in [2.24, 2.45) is 11.7 Å². The lowest BCUT2D eigenvalue weighted by Gasteiger charge is -2.12. The standard InChI is InChI=1S/C51H91N5O12/c1-2-3-4-5-6-7-8-9-10-11-12-13-14-15-16-22-46(57)23-19-29-63-32-37-68-42-50(61)55-28-31-65-34-35-66-40-48(59)24-20-30-64-33-36-67-41-49(60)54-27-18-17-21-44(51(52)62)38-47(58)26-25-45-39-53-43-56-45/h39,43-44H,2-38,40-42H2,1H3,(H2,52,62)(H,53,56)(H,54,60)(H,55,61)/t44-/m1/s1. The van der Waals surface area contributed by atoms with Gasteiger partial charge < -0.3 is 49.8 Å². The first-order chi connectivity index (χ1) is 33.2. The summed E-state index contributed by atoms with van der Waals surface area (Å²) in [6.45, 7) is 5.73. The number of nitrogens with one attached hydrogen (secondary N) is 3. The van der Waals surface area contributed by atoms with Crippen molar-refractivity contribution in [3.8, 4) is 0 Å². The van der Waals surface area contributed by atoms with Crippen molar-refractivity contribution in [1.29, 1.82) is 0 Å². The lowest BCUT2D eigenvalue weighted by atomic mass is 9.94. The summed E-state index contributed by atoms with van der Waals surface area (Å²) in [6.07, 6.45) is 28.5. The number of primary amides is 1. The summed E-state index contributed by atoms with van der Waals surface area (Å²) in [7, 11) is 0. The van der Waals surface area contributed by atoms with Gasteiger partial charge in [-0.1, -0.05) is 103 Å². The Morgan fingerprint density at radius 2 is 1.00 bits per heavy atom. The number of hydrogen-bond donors (Lipinski definition) is 4. The highest BCUT2D eigenvalue weighted by Gasteiger charge is 2.19. The van der Waals surface area contributed by atoms with Gasteiger partial charge in [-0.2, -0.15) is 0 Å². The van der Waals surface area contributed by atoms with Crippen LogP contribution in [0.1, 0.15) is 173 Å². The van der Waals surface area contributed by atoms with Crippen molar-refractivity contribution >= 4 is 35.1 Å². The van der Waals surface area contributed by atoms with Gasteiger partial charge >= 0.3 is 0 Å². The number of unbranched alkanes of at least 4 members (excludes halogenated alkanes) is 15. The fraction of sp³-hybridized carbons (Fsp3) is 0.824. The van der Waals surface area contributed by atoms with E-state index in [1.807, 2.05) is 0 Å². The van der Waals surface area contributed by atoms with E-state index in [4.69, 9.17) is 34.2 Å². The zero-order valence-corrected chi connectivity index (χ0v) is 41.9. The van der Waals surface area contributed by atoms with Crippen LogP contribution < -0.4 is 16.4 Å². The summed E-state index contributed by atoms with van der Waals surface area (Å²) in [5.74, 6) is -1.28. The SMILES string of the molecule is CCCCCCCCCCCCCCCCCC(=O)CCCOCCOCC(=O)NCCOCCOCC(=O)CCCOCCOCC(=O)NCCCC[C@H](CC(=O)CCc1cnc[nH]1)C(N)=O. The zero-order chi connectivity index (χ0) is 49.4. The number of Topliss-reactive ketones (excluding diaryl/α,β-unsaturated/α-hetero) is 3. The highest BCUT2D eigenvalue weighted by Crippen LogP contribution is 2.16. The second-order valence-corrected chi connectivity index (χ2v) is 17.6. The molecule has 5 N–H and O–H groups in total. The molecule has 0 bridgehead atoms. The van der Waals surface area contributed by atoms with Crippen LogP contribution in [-0.4, -0.2) is 137 Å². The molecule has 0 aliphatic carbocycles. The van der Waals surface area contributed by atoms with Gasteiger partial charge in [-0.15, -0.1) is 0 Å². The van der Waals surface area contributed by atoms with Gasteiger partial charge in [0.05, 0.1) is 52.6 Å². The molecule has 392 valence electrons. The van der Waals surface area contributed by atoms with Crippen LogP contribution in [0.3, 0.4) is 0 Å². The van der Waals surface area contributed by atoms with Crippen LogP contribution in [0.25, 0.3) is 0 Å². The fourth-order valence-electron chi connectivity index (χ4n) is 7.33. The van der Waals surface area contributed by atoms with Gasteiger partial charge in [-0.25, -0.2) is 4.98 Å². The lowest BCUT2D eigenvalue weighted by molar-refractivity contribution is -0.127. The third-order valence-corrected chi connectivity index (χ3v) is 11.4. The molecule has 1 aromatic rings. The third kappa shape index (κ3) is 42.5. The first-order valence-corrected chi connectivity index (χ1v) is 26.0. The maximum Gasteiger partial charge on any atom is 0.246 e. The molecule has 0 aromatic carbocycles. The number of amides is 3. The zero-order valence-electron chi connectivity index (χ0n) is 41.9. The van der Waals surface area contributed by atoms with Crippen LogP contribution >= 0.6 is 0 Å². The van der Waals surface area contributed by atoms with Gasteiger partial charge in [-0.3, -0.25) is 28.8 Å². The molecule has 0 saturated heterocycles. The molecule has 0 aliphatic heterocycles. The molecule has 0 unspecified atom stereocenters. The predicted molar refractivity (Wildman–Crippen MR) is 262 cm³/mol. The molecule has 3 amide bonds. The second kappa shape index (κ2) is 47.1. The van der Waals surface area contributed by atoms with Gasteiger partial charge in [0, 0.05) is 76.2 Å². The van der Waals surface area contributed by atoms with Crippen molar-refractivity contribution in [2.45, 2.75) is 174 Å². The minimum absolute atomic E-state index is 0.0181. The normalized spacial score (nSPS) is 11.7. The Labute approximate surface area is 407 Å². The van der Waals surface area contributed by atoms with E-state index < -0.39 is 11.8 Å². The topological polar surface area (TPSA) is 237 Å². The van der Waals surface area contributed by atoms with Crippen LogP contribution in [0.4, 0.5) is 0 Å². The second-order valence-electron chi connectivity index (χ2n) is 17.6. The van der Waals surface area contributed by atoms with E-state index in [0.29, 0.717) is 123 Å². The van der Waals surface area contributed by atoms with Crippen LogP contribution in [-0.2, 0) is 63.6 Å². The van der Waals surface area contributed by atoms with E-state index >= 15 is 0 Å². The Morgan fingerprint density at radius 3 is 1.54 bits per heavy atom. The largest absolute Gasteiger partial charge is 0.379 e. The van der Waals surface area contributed by atoms with Gasteiger partial charge in [-0.05, 0) is 38.5 Å². The number of H-pyrrole nitrogens is 1. The number of nitrogens with zero attached hydrogens (tertiary/aromatic N) is 1. The molecule has 1 atom stereocenters. The third-order valence-electron chi connectivity index (χ3n) is 11.4. The Hall–Kier alpha value is -3.61. The van der Waals surface area contributed by atoms with Crippen molar-refractivity contribution in [3.05, 3.63) is 18.2 Å². The van der Waals surface area contributed by atoms with Crippen LogP contribution in [0.15, 0.2) is 12.5 Å². The average Bonchev–Trinajstić information content (AvgIpc) is 3.85. The summed E-state index contributed by atoms with van der Waals surface area (Å²) in [5, 5.41) is 5.49. The van der Waals surface area contributed by atoms with E-state index in [1.165, 1.54) is 83.5 Å². The van der Waals surface area contributed by atoms with Crippen LogP contribution in [0.5, 0.6) is 0 Å². The monoisotopic (exact) mass is 966 g/mol. The highest BCUT2D eigenvalue weighted by molar-refractivity contribution is 5.86. The van der Waals surface area contributed by atoms with Crippen molar-refractivity contribution in [3.63, 3.8) is 0 Å². The number of imidazole rings is 1. The predicted octanol–water partition coefficient (Wildman–Crippen LogP) is 6.87. The molecule has 68 heavy (non-hydrogen) atoms. The van der Waals surface area contributed by atoms with Crippen LogP contribution in [0, 0.1) is 5.92 Å². The fourth-order valence-corrected chi connectivity index (χ4v) is 7.33. The number of carbonyl (C=O) groups is 6. The van der Waals surface area contributed by atoms with E-state index in [-0.39, 0.29) is 69.4 Å². The molecule has 0 saturated carbocycles. The van der Waals surface area contributed by atoms with E-state index in [1.54, 1.807) is 12.5 Å². The summed E-state index contributed by atoms with van der Waals surface area (Å²) < 4.78 is 32.5. The van der Waals surface area contributed by atoms with Gasteiger partial charge in [0.15, 0.2) is 5.78 Å². The number of ketones is 3. The van der Waals surface area contributed by atoms with Crippen molar-refractivity contribution in [2.75, 3.05) is 92.4 Å². The molecular weight excluding hydrogens is 875 g/mol. The Balaban J connectivity index is 1.79. The quantitative estimate of drug-likeness (QED) is 0.0489. The molecule has 0 radical (unpaired) electrons. The van der Waals surface area contributed by atoms with Crippen LogP contribution in [0.2, 0.25) is 0 Å². The molecule has 0 spiro atoms. The molecule has 1 rings (SSSR count). The smallest absolute Gasteiger partial charge is 0.246 e. The molecule has 1 aromatic heterocycles. The van der Waals surface area contributed by atoms with Crippen molar-refractivity contribution < 1.29 is 57.2 Å². The number of carbonyl (C=O) groups excluding carboxylic acids is 6. The van der Waals surface area contributed by atoms with E-state index in [9.17, 15) is 28.8 Å². The maximum absolute atomic E-state index is 12.3. The summed E-state index contributed by atoms with van der Waals surface area (Å²) in [4.78, 5) is 79.2. The maximum atomic E-state index is 12.3. The van der Waals surface area contributed by atoms with Gasteiger partial charge in [0.25, 0.3) is 0 Å². The Bertz CT molecular complexity index is 1400. The first kappa shape index (κ1) is 62.4. The summed E-state index contributed by atoms with van der Waals surface area (Å²) in [6, 6.07) is 0. The molecule has 17 nitrogen and oxygen atoms in total. The minimum Gasteiger partial charge on any atom is -0.379 e. The molecule has 17 heteroatoms. The number of rotatable bonds is 53. The van der Waals surface area contributed by atoms with Crippen molar-refractivity contribution in [1.82, 2.24) is 20.6 Å². The number of nitrogens with two attached hydrogens (primary N) is 1. The number of hydrogen-bond acceptors (Lipinski definition) is 13. The number of aromatic amines is 1. The van der Waals surface area contributed by atoms with Gasteiger partial charge in [0.1, 0.15) is 31.4 Å². The summed E-state index contributed by atoms with van der Waals surface area (Å²) in [5.41, 5.74) is 6.37.